The molecule has 6 nitrogen and oxygen atoms in total. The number of hydrogen-bond donors (Lipinski definition) is 1. The lowest BCUT2D eigenvalue weighted by Gasteiger charge is -2.17. The predicted molar refractivity (Wildman–Crippen MR) is 88.8 cm³/mol. The number of aromatic nitrogens is 2. The van der Waals surface area contributed by atoms with Crippen molar-refractivity contribution >= 4 is 32.4 Å². The van der Waals surface area contributed by atoms with Crippen molar-refractivity contribution in [3.8, 4) is 0 Å². The molecule has 22 heavy (non-hydrogen) atoms. The summed E-state index contributed by atoms with van der Waals surface area (Å²) in [6.45, 7) is 3.18. The van der Waals surface area contributed by atoms with Gasteiger partial charge in [-0.15, -0.1) is 0 Å². The molecular weight excluding hydrogens is 320 g/mol. The lowest BCUT2D eigenvalue weighted by atomic mass is 10.2. The molecule has 0 spiro atoms. The summed E-state index contributed by atoms with van der Waals surface area (Å²) in [6.07, 6.45) is 1.51. The van der Waals surface area contributed by atoms with Crippen molar-refractivity contribution in [2.75, 3.05) is 21.9 Å². The number of nitrogens with one attached hydrogen (secondary N) is 1. The van der Waals surface area contributed by atoms with Crippen LogP contribution < -0.4 is 9.62 Å². The first-order valence-electron chi connectivity index (χ1n) is 7.24. The maximum atomic E-state index is 12.0. The summed E-state index contributed by atoms with van der Waals surface area (Å²) in [4.78, 5) is 4.36. The van der Waals surface area contributed by atoms with Gasteiger partial charge >= 0.3 is 0 Å². The molecule has 1 N–H and O–H groups in total. The Morgan fingerprint density at radius 1 is 1.41 bits per heavy atom. The molecule has 1 aromatic heterocycles. The van der Waals surface area contributed by atoms with E-state index in [-0.39, 0.29) is 5.75 Å². The quantitative estimate of drug-likeness (QED) is 0.905. The minimum Gasteiger partial charge on any atom is -0.356 e. The third-order valence-electron chi connectivity index (χ3n) is 3.53. The van der Waals surface area contributed by atoms with Crippen molar-refractivity contribution in [2.45, 2.75) is 26.3 Å². The maximum Gasteiger partial charge on any atom is 0.235 e. The third-order valence-corrected chi connectivity index (χ3v) is 6.11. The standard InChI is InChI=1S/C14H18N4O2S2/c1-2-13-16-14(21-17-13)15-10-11-5-3-6-12(9-11)18-7-4-8-22(18,19)20/h3,5-6,9H,2,4,7-8,10H2,1H3,(H,15,16,17). The SMILES string of the molecule is CCc1nsc(NCc2cccc(N3CCCS3(=O)=O)c2)n1. The van der Waals surface area contributed by atoms with E-state index in [1.54, 1.807) is 0 Å². The van der Waals surface area contributed by atoms with E-state index in [9.17, 15) is 8.42 Å². The van der Waals surface area contributed by atoms with Crippen molar-refractivity contribution < 1.29 is 8.42 Å². The Balaban J connectivity index is 1.71. The third kappa shape index (κ3) is 3.22. The van der Waals surface area contributed by atoms with E-state index in [1.165, 1.54) is 15.8 Å². The molecule has 0 aliphatic carbocycles. The summed E-state index contributed by atoms with van der Waals surface area (Å²) in [6, 6.07) is 7.61. The molecule has 1 aromatic carbocycles. The van der Waals surface area contributed by atoms with Crippen LogP contribution in [0.3, 0.4) is 0 Å². The van der Waals surface area contributed by atoms with E-state index in [0.717, 1.165) is 28.6 Å². The van der Waals surface area contributed by atoms with Crippen molar-refractivity contribution in [3.63, 3.8) is 0 Å². The second-order valence-electron chi connectivity index (χ2n) is 5.13. The molecule has 118 valence electrons. The van der Waals surface area contributed by atoms with Gasteiger partial charge in [0.15, 0.2) is 0 Å². The Labute approximate surface area is 134 Å². The van der Waals surface area contributed by atoms with E-state index in [4.69, 9.17) is 0 Å². The average molecular weight is 338 g/mol. The summed E-state index contributed by atoms with van der Waals surface area (Å²) in [5.74, 6) is 1.07. The number of nitrogens with zero attached hydrogens (tertiary/aromatic N) is 3. The number of benzene rings is 1. The topological polar surface area (TPSA) is 75.2 Å². The molecule has 1 aliphatic heterocycles. The van der Waals surface area contributed by atoms with Crippen LogP contribution >= 0.6 is 11.5 Å². The molecule has 0 bridgehead atoms. The van der Waals surface area contributed by atoms with Crippen molar-refractivity contribution in [1.82, 2.24) is 9.36 Å². The molecule has 0 atom stereocenters. The summed E-state index contributed by atoms with van der Waals surface area (Å²) >= 11 is 1.34. The first kappa shape index (κ1) is 15.2. The number of sulfonamides is 1. The number of anilines is 2. The van der Waals surface area contributed by atoms with Crippen LogP contribution in [-0.2, 0) is 23.0 Å². The van der Waals surface area contributed by atoms with E-state index in [1.807, 2.05) is 31.2 Å². The molecule has 0 radical (unpaired) electrons. The smallest absolute Gasteiger partial charge is 0.235 e. The minimum atomic E-state index is -3.13. The van der Waals surface area contributed by atoms with Gasteiger partial charge in [-0.1, -0.05) is 19.1 Å². The summed E-state index contributed by atoms with van der Waals surface area (Å²) in [5.41, 5.74) is 1.76. The van der Waals surface area contributed by atoms with Crippen molar-refractivity contribution in [3.05, 3.63) is 35.7 Å². The van der Waals surface area contributed by atoms with E-state index in [0.29, 0.717) is 19.5 Å². The number of aryl methyl sites for hydroxylation is 1. The Morgan fingerprint density at radius 2 is 2.27 bits per heavy atom. The molecule has 2 aromatic rings. The molecule has 1 aliphatic rings. The van der Waals surface area contributed by atoms with Gasteiger partial charge in [0.05, 0.1) is 11.4 Å². The Bertz CT molecular complexity index is 758. The zero-order valence-electron chi connectivity index (χ0n) is 12.3. The fourth-order valence-electron chi connectivity index (χ4n) is 2.40. The molecule has 0 saturated carbocycles. The van der Waals surface area contributed by atoms with Gasteiger partial charge in [-0.3, -0.25) is 4.31 Å². The zero-order chi connectivity index (χ0) is 15.6. The zero-order valence-corrected chi connectivity index (χ0v) is 14.0. The van der Waals surface area contributed by atoms with Crippen LogP contribution in [0.15, 0.2) is 24.3 Å². The minimum absolute atomic E-state index is 0.236. The predicted octanol–water partition coefficient (Wildman–Crippen LogP) is 2.25. The molecule has 2 heterocycles. The number of hydrogen-bond acceptors (Lipinski definition) is 6. The van der Waals surface area contributed by atoms with Crippen LogP contribution in [-0.4, -0.2) is 30.1 Å². The molecule has 0 unspecified atom stereocenters. The van der Waals surface area contributed by atoms with Crippen molar-refractivity contribution in [2.24, 2.45) is 0 Å². The van der Waals surface area contributed by atoms with Gasteiger partial charge in [0, 0.05) is 31.0 Å². The summed E-state index contributed by atoms with van der Waals surface area (Å²) in [7, 11) is -3.13. The lowest BCUT2D eigenvalue weighted by molar-refractivity contribution is 0.599. The number of rotatable bonds is 5. The highest BCUT2D eigenvalue weighted by Crippen LogP contribution is 2.25. The second kappa shape index (κ2) is 6.21. The second-order valence-corrected chi connectivity index (χ2v) is 7.90. The fraction of sp³-hybridized carbons (Fsp3) is 0.429. The molecule has 0 amide bonds. The van der Waals surface area contributed by atoms with Gasteiger partial charge in [0.1, 0.15) is 5.82 Å². The van der Waals surface area contributed by atoms with Crippen molar-refractivity contribution in [1.29, 1.82) is 0 Å². The van der Waals surface area contributed by atoms with Gasteiger partial charge in [-0.25, -0.2) is 13.4 Å². The highest BCUT2D eigenvalue weighted by atomic mass is 32.2. The normalized spacial score (nSPS) is 16.9. The van der Waals surface area contributed by atoms with E-state index < -0.39 is 10.0 Å². The Hall–Kier alpha value is -1.67. The molecule has 1 fully saturated rings. The maximum absolute atomic E-state index is 12.0. The van der Waals surface area contributed by atoms with Gasteiger partial charge in [-0.2, -0.15) is 4.37 Å². The Kier molecular flexibility index (Phi) is 4.30. The average Bonchev–Trinajstić information content (AvgIpc) is 3.11. The molecule has 8 heteroatoms. The van der Waals surface area contributed by atoms with Crippen LogP contribution in [0.5, 0.6) is 0 Å². The largest absolute Gasteiger partial charge is 0.356 e. The molecule has 3 rings (SSSR count). The molecular formula is C14H18N4O2S2. The van der Waals surface area contributed by atoms with Crippen LogP contribution in [0, 0.1) is 0 Å². The monoisotopic (exact) mass is 338 g/mol. The van der Waals surface area contributed by atoms with Crippen LogP contribution in [0.1, 0.15) is 24.7 Å². The first-order chi connectivity index (χ1) is 10.6. The van der Waals surface area contributed by atoms with Gasteiger partial charge < -0.3 is 5.32 Å². The summed E-state index contributed by atoms with van der Waals surface area (Å²) in [5, 5.41) is 4.02. The Morgan fingerprint density at radius 3 is 2.95 bits per heavy atom. The fourth-order valence-corrected chi connectivity index (χ4v) is 4.60. The van der Waals surface area contributed by atoms with Gasteiger partial charge in [0.25, 0.3) is 0 Å². The van der Waals surface area contributed by atoms with Crippen LogP contribution in [0.25, 0.3) is 0 Å². The summed E-state index contributed by atoms with van der Waals surface area (Å²) < 4.78 is 29.7. The first-order valence-corrected chi connectivity index (χ1v) is 9.62. The van der Waals surface area contributed by atoms with Gasteiger partial charge in [0.2, 0.25) is 15.2 Å². The molecule has 1 saturated heterocycles. The lowest BCUT2D eigenvalue weighted by Crippen LogP contribution is -2.25. The van der Waals surface area contributed by atoms with Gasteiger partial charge in [-0.05, 0) is 24.1 Å². The highest BCUT2D eigenvalue weighted by Gasteiger charge is 2.28. The van der Waals surface area contributed by atoms with Crippen LogP contribution in [0.2, 0.25) is 0 Å². The van der Waals surface area contributed by atoms with E-state index in [2.05, 4.69) is 14.7 Å². The van der Waals surface area contributed by atoms with E-state index >= 15 is 0 Å². The van der Waals surface area contributed by atoms with Crippen LogP contribution in [0.4, 0.5) is 10.8 Å². The highest BCUT2D eigenvalue weighted by molar-refractivity contribution is 7.93.